The highest BCUT2D eigenvalue weighted by atomic mass is 16.5. The largest absolute Gasteiger partial charge is 0.482 e. The lowest BCUT2D eigenvalue weighted by atomic mass is 8.24. The Morgan fingerprint density at radius 1 is 0.515 bits per heavy atom. The van der Waals surface area contributed by atoms with Gasteiger partial charge in [-0.2, -0.15) is 0 Å². The normalized spacial score (nSPS) is 47.5. The number of rotatable bonds is 6. The van der Waals surface area contributed by atoms with Crippen molar-refractivity contribution in [1.29, 1.82) is 0 Å². The van der Waals surface area contributed by atoms with Crippen molar-refractivity contribution in [2.45, 2.75) is 20.9 Å². The second-order valence-corrected chi connectivity index (χ2v) is 16.1. The number of aliphatic carboxylic acids is 2. The van der Waals surface area contributed by atoms with Crippen molar-refractivity contribution in [3.8, 4) is 0 Å². The van der Waals surface area contributed by atoms with Gasteiger partial charge in [0.05, 0.1) is 13.0 Å². The van der Waals surface area contributed by atoms with Gasteiger partial charge in [0, 0.05) is 116 Å². The molecular weight excluding hydrogens is 392 g/mol. The predicted molar refractivity (Wildman–Crippen MR) is 152 cm³/mol. The van der Waals surface area contributed by atoms with E-state index in [1.807, 2.05) is 0 Å². The Balaban J connectivity index is 0.866. The second kappa shape index (κ2) is 3.61. The van der Waals surface area contributed by atoms with Crippen molar-refractivity contribution in [2.24, 2.45) is 0 Å². The molecule has 14 fully saturated rings. The van der Waals surface area contributed by atoms with E-state index in [9.17, 15) is 19.8 Å². The lowest BCUT2D eigenvalue weighted by molar-refractivity contribution is -0.138. The maximum atomic E-state index is 12.8. The van der Waals surface area contributed by atoms with Crippen LogP contribution in [0.25, 0.3) is 0 Å². The Kier molecular flexibility index (Phi) is 1.76. The molecular formula is C8H6B20O5. The van der Waals surface area contributed by atoms with Gasteiger partial charge in [0.15, 0.2) is 0 Å². The fourth-order valence-corrected chi connectivity index (χ4v) is 18.9. The summed E-state index contributed by atoms with van der Waals surface area (Å²) in [6.45, 7) is 4.32. The van der Waals surface area contributed by atoms with E-state index in [1.54, 1.807) is 0 Å². The molecule has 14 aliphatic rings. The van der Waals surface area contributed by atoms with E-state index >= 15 is 0 Å². The van der Waals surface area contributed by atoms with Crippen LogP contribution in [0.2, 0.25) is 20.9 Å². The zero-order valence-corrected chi connectivity index (χ0v) is 18.1. The first-order valence-corrected chi connectivity index (χ1v) is 14.1. The first-order valence-electron chi connectivity index (χ1n) is 14.1. The summed E-state index contributed by atoms with van der Waals surface area (Å²) in [5.74, 6) is -0.995. The minimum Gasteiger partial charge on any atom is -0.482 e. The van der Waals surface area contributed by atoms with Crippen molar-refractivity contribution >= 4 is 141 Å². The molecule has 5 nitrogen and oxygen atoms in total. The average molecular weight is 398 g/mol. The molecule has 4 atom stereocenters. The van der Waals surface area contributed by atoms with E-state index < -0.39 is 22.4 Å². The summed E-state index contributed by atoms with van der Waals surface area (Å²) >= 11 is 0. The molecule has 0 aliphatic carbocycles. The molecule has 0 spiro atoms. The molecule has 0 radical (unpaired) electrons. The van der Waals surface area contributed by atoms with Gasteiger partial charge in [-0.3, -0.25) is 9.59 Å². The minimum absolute atomic E-state index is 0.0632. The van der Waals surface area contributed by atoms with Crippen LogP contribution in [-0.2, 0) is 14.3 Å². The number of ether oxygens (including phenoxy) is 1. The van der Waals surface area contributed by atoms with Crippen molar-refractivity contribution < 1.29 is 24.5 Å². The molecule has 4 unspecified atom stereocenters. The SMILES string of the molecule is O=C(O)C12B3B4B5B6B4B3B3B(B65)C1(COCC14B5B6B7B8B6B8B6B(B75)B1C64C(=O)O)B32. The van der Waals surface area contributed by atoms with E-state index in [4.69, 9.17) is 4.74 Å². The van der Waals surface area contributed by atoms with Gasteiger partial charge in [-0.1, -0.05) is 10.4 Å². The Labute approximate surface area is 198 Å². The van der Waals surface area contributed by atoms with Crippen LogP contribution in [0.4, 0.5) is 0 Å². The summed E-state index contributed by atoms with van der Waals surface area (Å²) in [5.41, 5.74) is 0. The van der Waals surface area contributed by atoms with Crippen molar-refractivity contribution in [1.82, 2.24) is 0 Å². The smallest absolute Gasteiger partial charge is 0.292 e. The number of fused-ring (bicyclic) bond motifs is 14. The lowest BCUT2D eigenvalue weighted by Gasteiger charge is -2.65. The van der Waals surface area contributed by atoms with Gasteiger partial charge in [-0.25, -0.2) is 0 Å². The molecule has 2 N–H and O–H groups in total. The van der Waals surface area contributed by atoms with E-state index in [1.165, 1.54) is 0 Å². The molecule has 0 bridgehead atoms. The van der Waals surface area contributed by atoms with Gasteiger partial charge < -0.3 is 14.9 Å². The van der Waals surface area contributed by atoms with E-state index in [0.29, 0.717) is 65.2 Å². The Morgan fingerprint density at radius 2 is 0.848 bits per heavy atom. The van der Waals surface area contributed by atoms with Crippen LogP contribution in [0.15, 0.2) is 0 Å². The summed E-state index contributed by atoms with van der Waals surface area (Å²) in [6.07, 6.45) is 11.8. The molecule has 0 aromatic heterocycles. The maximum Gasteiger partial charge on any atom is 0.292 e. The highest BCUT2D eigenvalue weighted by Crippen LogP contribution is 2.94. The average Bonchev–Trinajstić information content (AvgIpc) is 3.60. The number of carboxylic acid groups (broad SMARTS) is 2. The van der Waals surface area contributed by atoms with Crippen LogP contribution >= 0.6 is 0 Å². The molecule has 33 heavy (non-hydrogen) atoms. The highest BCUT2D eigenvalue weighted by molar-refractivity contribution is 8.62. The third-order valence-electron chi connectivity index (χ3n) is 18.0. The number of hydrogen-bond donors (Lipinski definition) is 2. The summed E-state index contributed by atoms with van der Waals surface area (Å²) in [7, 11) is 0. The predicted octanol–water partition coefficient (Wildman–Crippen LogP) is -7.58. The van der Waals surface area contributed by atoms with E-state index in [2.05, 4.69) is 0 Å². The standard InChI is InChI=1S/C8H6B20O5/c29-3(30)7-6(10(7)16-13(7)21-25-19-12(6)17(16)23(19)28(21)25)2-33-1-5-8(4(31)32)9(5)15-11(5)18-24-22-14(8)20(15)26(22)27(18)24/h1-2H2,(H,29,30)(H,31,32). The Hall–Kier alpha value is 0.199. The van der Waals surface area contributed by atoms with Crippen LogP contribution < -0.4 is 0 Å². The molecule has 0 saturated carbocycles. The number of carboxylic acids is 2. The number of carbonyl (C=O) groups is 2. The van der Waals surface area contributed by atoms with Gasteiger partial charge in [0.25, 0.3) is 11.9 Å². The Morgan fingerprint density at radius 3 is 1.36 bits per heavy atom. The van der Waals surface area contributed by atoms with Crippen molar-refractivity contribution in [3.63, 3.8) is 0 Å². The molecule has 14 aliphatic heterocycles. The zero-order valence-electron chi connectivity index (χ0n) is 18.1. The first-order chi connectivity index (χ1) is 16.1. The van der Waals surface area contributed by atoms with Crippen LogP contribution in [0.5, 0.6) is 0 Å². The van der Waals surface area contributed by atoms with Gasteiger partial charge in [-0.05, 0) is 10.4 Å². The molecule has 25 heteroatoms. The topological polar surface area (TPSA) is 83.8 Å². The summed E-state index contributed by atoms with van der Waals surface area (Å²) in [6, 6.07) is 0. The van der Waals surface area contributed by atoms with Crippen molar-refractivity contribution in [3.05, 3.63) is 0 Å². The fourth-order valence-electron chi connectivity index (χ4n) is 18.9. The summed E-state index contributed by atoms with van der Waals surface area (Å²) in [5, 5.41) is 20.1. The number of hydrogen-bond acceptors (Lipinski definition) is 3. The monoisotopic (exact) mass is 402 g/mol. The molecule has 128 valence electrons. The molecule has 14 heterocycles. The third kappa shape index (κ3) is 0.885. The lowest BCUT2D eigenvalue weighted by Crippen LogP contribution is -2.98. The van der Waals surface area contributed by atoms with Crippen molar-refractivity contribution in [2.75, 3.05) is 13.2 Å². The minimum atomic E-state index is -0.501. The van der Waals surface area contributed by atoms with Crippen LogP contribution in [0.1, 0.15) is 0 Å². The van der Waals surface area contributed by atoms with Crippen LogP contribution in [0, 0.1) is 0 Å². The van der Waals surface area contributed by atoms with Crippen LogP contribution in [-0.4, -0.2) is 164 Å². The van der Waals surface area contributed by atoms with E-state index in [0.717, 1.165) is 76.6 Å². The molecule has 0 aromatic rings. The maximum absolute atomic E-state index is 12.8. The Bertz CT molecular complexity index is 1350. The third-order valence-corrected chi connectivity index (χ3v) is 18.0. The second-order valence-electron chi connectivity index (χ2n) is 16.1. The first kappa shape index (κ1) is 16.1. The quantitative estimate of drug-likeness (QED) is 0.435. The summed E-state index contributed by atoms with van der Waals surface area (Å²) < 4.78 is 6.75. The van der Waals surface area contributed by atoms with Gasteiger partial charge in [-0.15, -0.1) is 0 Å². The van der Waals surface area contributed by atoms with Gasteiger partial charge in [0.2, 0.25) is 0 Å². The van der Waals surface area contributed by atoms with E-state index in [-0.39, 0.29) is 10.4 Å². The van der Waals surface area contributed by atoms with Gasteiger partial charge >= 0.3 is 0 Å². The highest BCUT2D eigenvalue weighted by Gasteiger charge is 3.13. The summed E-state index contributed by atoms with van der Waals surface area (Å²) in [4.78, 5) is 25.6. The molecule has 0 amide bonds. The fraction of sp³-hybridized carbons (Fsp3) is 0.750. The zero-order chi connectivity index (χ0) is 20.8. The van der Waals surface area contributed by atoms with Gasteiger partial charge in [0.1, 0.15) is 13.2 Å². The molecule has 0 aromatic carbocycles. The molecule has 14 saturated heterocycles. The van der Waals surface area contributed by atoms with Crippen LogP contribution in [0.3, 0.4) is 0 Å². The molecule has 14 rings (SSSR count).